The van der Waals surface area contributed by atoms with Gasteiger partial charge in [-0.15, -0.1) is 0 Å². The number of amides is 1. The molecule has 1 aliphatic carbocycles. The van der Waals surface area contributed by atoms with Gasteiger partial charge in [0, 0.05) is 19.1 Å². The number of nitrogens with zero attached hydrogens (tertiary/aromatic N) is 1. The van der Waals surface area contributed by atoms with Crippen molar-refractivity contribution >= 4 is 6.09 Å². The van der Waals surface area contributed by atoms with Crippen LogP contribution in [-0.4, -0.2) is 35.7 Å². The number of hydrogen-bond acceptors (Lipinski definition) is 3. The summed E-state index contributed by atoms with van der Waals surface area (Å²) in [6.45, 7) is 7.39. The van der Waals surface area contributed by atoms with Gasteiger partial charge in [-0.2, -0.15) is 0 Å². The quantitative estimate of drug-likeness (QED) is 0.722. The van der Waals surface area contributed by atoms with Crippen molar-refractivity contribution in [3.8, 4) is 0 Å². The van der Waals surface area contributed by atoms with Crippen LogP contribution in [0.2, 0.25) is 0 Å². The molecule has 0 spiro atoms. The first-order chi connectivity index (χ1) is 8.33. The second-order valence-corrected chi connectivity index (χ2v) is 6.93. The molecule has 1 heterocycles. The summed E-state index contributed by atoms with van der Waals surface area (Å²) in [6, 6.07) is 0.322. The molecule has 0 radical (unpaired) electrons. The third-order valence-electron chi connectivity index (χ3n) is 3.86. The molecule has 2 fully saturated rings. The number of fused-ring (bicyclic) bond motifs is 3. The zero-order valence-corrected chi connectivity index (χ0v) is 11.8. The van der Waals surface area contributed by atoms with Crippen molar-refractivity contribution in [2.24, 2.45) is 17.6 Å². The predicted octanol–water partition coefficient (Wildman–Crippen LogP) is 2.37. The highest BCUT2D eigenvalue weighted by molar-refractivity contribution is 5.68. The van der Waals surface area contributed by atoms with Gasteiger partial charge in [0.15, 0.2) is 0 Å². The Morgan fingerprint density at radius 1 is 1.17 bits per heavy atom. The Kier molecular flexibility index (Phi) is 3.85. The molecular formula is C14H26N2O2. The molecule has 2 rings (SSSR count). The lowest BCUT2D eigenvalue weighted by atomic mass is 9.96. The molecule has 2 unspecified atom stereocenters. The Hall–Kier alpha value is -0.770. The maximum atomic E-state index is 12.2. The maximum Gasteiger partial charge on any atom is 0.410 e. The zero-order chi connectivity index (χ0) is 13.3. The van der Waals surface area contributed by atoms with E-state index in [1.54, 1.807) is 0 Å². The Balaban J connectivity index is 2.01. The highest BCUT2D eigenvalue weighted by atomic mass is 16.6. The summed E-state index contributed by atoms with van der Waals surface area (Å²) in [5, 5.41) is 0. The SMILES string of the molecule is CC(C)(C)OC(=O)N1CC2CCC(CC(N)C2)C1. The van der Waals surface area contributed by atoms with E-state index in [4.69, 9.17) is 10.5 Å². The van der Waals surface area contributed by atoms with E-state index in [2.05, 4.69) is 0 Å². The van der Waals surface area contributed by atoms with E-state index in [9.17, 15) is 4.79 Å². The number of rotatable bonds is 0. The first-order valence-electron chi connectivity index (χ1n) is 7.07. The van der Waals surface area contributed by atoms with E-state index >= 15 is 0 Å². The number of hydrogen-bond donors (Lipinski definition) is 1. The third-order valence-corrected chi connectivity index (χ3v) is 3.86. The van der Waals surface area contributed by atoms with Gasteiger partial charge in [0.05, 0.1) is 0 Å². The van der Waals surface area contributed by atoms with Crippen LogP contribution in [-0.2, 0) is 4.74 Å². The Morgan fingerprint density at radius 3 is 2.11 bits per heavy atom. The highest BCUT2D eigenvalue weighted by Gasteiger charge is 2.34. The van der Waals surface area contributed by atoms with Crippen molar-refractivity contribution < 1.29 is 9.53 Å². The number of likely N-dealkylation sites (tertiary alicyclic amines) is 1. The summed E-state index contributed by atoms with van der Waals surface area (Å²) in [5.74, 6) is 1.11. The maximum absolute atomic E-state index is 12.2. The topological polar surface area (TPSA) is 55.6 Å². The van der Waals surface area contributed by atoms with E-state index in [0.29, 0.717) is 17.9 Å². The van der Waals surface area contributed by atoms with Gasteiger partial charge in [-0.05, 0) is 58.3 Å². The number of carbonyl (C=O) groups excluding carboxylic acids is 1. The summed E-state index contributed by atoms with van der Waals surface area (Å²) in [4.78, 5) is 14.1. The van der Waals surface area contributed by atoms with Crippen LogP contribution in [0, 0.1) is 11.8 Å². The minimum Gasteiger partial charge on any atom is -0.444 e. The van der Waals surface area contributed by atoms with Crippen LogP contribution in [0.25, 0.3) is 0 Å². The van der Waals surface area contributed by atoms with Crippen LogP contribution in [0.4, 0.5) is 4.79 Å². The fourth-order valence-corrected chi connectivity index (χ4v) is 3.16. The fraction of sp³-hybridized carbons (Fsp3) is 0.929. The van der Waals surface area contributed by atoms with Gasteiger partial charge < -0.3 is 15.4 Å². The highest BCUT2D eigenvalue weighted by Crippen LogP contribution is 2.32. The van der Waals surface area contributed by atoms with Crippen LogP contribution in [0.3, 0.4) is 0 Å². The fourth-order valence-electron chi connectivity index (χ4n) is 3.16. The summed E-state index contributed by atoms with van der Waals surface area (Å²) in [7, 11) is 0. The number of ether oxygens (including phenoxy) is 1. The molecule has 1 amide bonds. The minimum atomic E-state index is -0.408. The molecule has 0 aromatic heterocycles. The largest absolute Gasteiger partial charge is 0.444 e. The van der Waals surface area contributed by atoms with Crippen LogP contribution in [0.1, 0.15) is 46.5 Å². The second-order valence-electron chi connectivity index (χ2n) is 6.93. The monoisotopic (exact) mass is 254 g/mol. The Labute approximate surface area is 110 Å². The molecule has 1 saturated heterocycles. The molecule has 18 heavy (non-hydrogen) atoms. The molecule has 2 bridgehead atoms. The van der Waals surface area contributed by atoms with Gasteiger partial charge in [0.1, 0.15) is 5.60 Å². The van der Waals surface area contributed by atoms with Crippen molar-refractivity contribution in [3.05, 3.63) is 0 Å². The molecule has 4 heteroatoms. The smallest absolute Gasteiger partial charge is 0.410 e. The summed E-state index contributed by atoms with van der Waals surface area (Å²) in [6.07, 6.45) is 4.36. The summed E-state index contributed by atoms with van der Waals surface area (Å²) < 4.78 is 5.48. The molecule has 2 N–H and O–H groups in total. The first-order valence-corrected chi connectivity index (χ1v) is 7.07. The number of carbonyl (C=O) groups is 1. The molecule has 104 valence electrons. The zero-order valence-electron chi connectivity index (χ0n) is 11.8. The Bertz CT molecular complexity index is 295. The normalized spacial score (nSPS) is 32.9. The summed E-state index contributed by atoms with van der Waals surface area (Å²) in [5.41, 5.74) is 5.71. The van der Waals surface area contributed by atoms with Gasteiger partial charge >= 0.3 is 6.09 Å². The van der Waals surface area contributed by atoms with Crippen LogP contribution in [0.5, 0.6) is 0 Å². The first kappa shape index (κ1) is 13.7. The lowest BCUT2D eigenvalue weighted by Crippen LogP contribution is -2.43. The van der Waals surface area contributed by atoms with Gasteiger partial charge in [-0.1, -0.05) is 0 Å². The van der Waals surface area contributed by atoms with Crippen LogP contribution >= 0.6 is 0 Å². The lowest BCUT2D eigenvalue weighted by molar-refractivity contribution is 0.0190. The van der Waals surface area contributed by atoms with Crippen LogP contribution < -0.4 is 5.73 Å². The Morgan fingerprint density at radius 2 is 1.67 bits per heavy atom. The van der Waals surface area contributed by atoms with Crippen molar-refractivity contribution in [1.29, 1.82) is 0 Å². The van der Waals surface area contributed by atoms with E-state index in [1.807, 2.05) is 25.7 Å². The van der Waals surface area contributed by atoms with Crippen LogP contribution in [0.15, 0.2) is 0 Å². The number of nitrogens with two attached hydrogens (primary N) is 1. The third kappa shape index (κ3) is 3.61. The van der Waals surface area contributed by atoms with E-state index in [1.165, 1.54) is 12.8 Å². The van der Waals surface area contributed by atoms with Crippen molar-refractivity contribution in [2.45, 2.75) is 58.1 Å². The standard InChI is InChI=1S/C14H26N2O2/c1-14(2,3)18-13(17)16-8-10-4-5-11(9-16)7-12(15)6-10/h10-12H,4-9,15H2,1-3H3. The van der Waals surface area contributed by atoms with E-state index < -0.39 is 5.60 Å². The van der Waals surface area contributed by atoms with Crippen molar-refractivity contribution in [3.63, 3.8) is 0 Å². The van der Waals surface area contributed by atoms with Gasteiger partial charge in [-0.3, -0.25) is 0 Å². The van der Waals surface area contributed by atoms with Gasteiger partial charge in [0.2, 0.25) is 0 Å². The molecule has 4 nitrogen and oxygen atoms in total. The average molecular weight is 254 g/mol. The molecular weight excluding hydrogens is 228 g/mol. The molecule has 2 aliphatic rings. The predicted molar refractivity (Wildman–Crippen MR) is 71.2 cm³/mol. The molecule has 1 aliphatic heterocycles. The van der Waals surface area contributed by atoms with Crippen molar-refractivity contribution in [2.75, 3.05) is 13.1 Å². The van der Waals surface area contributed by atoms with E-state index in [-0.39, 0.29) is 6.09 Å². The lowest BCUT2D eigenvalue weighted by Gasteiger charge is -2.32. The minimum absolute atomic E-state index is 0.158. The van der Waals surface area contributed by atoms with Gasteiger partial charge in [0.25, 0.3) is 0 Å². The average Bonchev–Trinajstić information content (AvgIpc) is 2.45. The molecule has 0 aromatic carbocycles. The van der Waals surface area contributed by atoms with Gasteiger partial charge in [-0.25, -0.2) is 4.79 Å². The molecule has 0 aromatic rings. The summed E-state index contributed by atoms with van der Waals surface area (Å²) >= 11 is 0. The molecule has 2 atom stereocenters. The van der Waals surface area contributed by atoms with E-state index in [0.717, 1.165) is 25.9 Å². The van der Waals surface area contributed by atoms with Crippen molar-refractivity contribution in [1.82, 2.24) is 4.90 Å². The molecule has 1 saturated carbocycles. The second kappa shape index (κ2) is 5.08.